The predicted octanol–water partition coefficient (Wildman–Crippen LogP) is 4.65. The molecule has 4 aromatic rings. The van der Waals surface area contributed by atoms with Gasteiger partial charge in [0.2, 0.25) is 0 Å². The van der Waals surface area contributed by atoms with Gasteiger partial charge in [0, 0.05) is 42.5 Å². The predicted molar refractivity (Wildman–Crippen MR) is 123 cm³/mol. The SMILES string of the molecule is CC(C)CC(N)COc1cc2c(cc1-c1ccc(F)cc1)c1ccncc1c(=O)n2C. The number of hydrogen-bond acceptors (Lipinski definition) is 4. The minimum absolute atomic E-state index is 0.108. The lowest BCUT2D eigenvalue weighted by atomic mass is 9.99. The Balaban J connectivity index is 1.92. The molecule has 0 radical (unpaired) electrons. The lowest BCUT2D eigenvalue weighted by Gasteiger charge is -2.19. The summed E-state index contributed by atoms with van der Waals surface area (Å²) in [7, 11) is 1.74. The van der Waals surface area contributed by atoms with Crippen LogP contribution in [0.1, 0.15) is 20.3 Å². The van der Waals surface area contributed by atoms with E-state index in [1.54, 1.807) is 36.1 Å². The molecule has 0 fully saturated rings. The van der Waals surface area contributed by atoms with E-state index in [4.69, 9.17) is 10.5 Å². The molecule has 31 heavy (non-hydrogen) atoms. The number of aryl methyl sites for hydroxylation is 1. The number of nitrogens with two attached hydrogens (primary N) is 1. The summed E-state index contributed by atoms with van der Waals surface area (Å²) in [6.07, 6.45) is 4.10. The van der Waals surface area contributed by atoms with E-state index in [1.807, 2.05) is 18.2 Å². The van der Waals surface area contributed by atoms with Crippen molar-refractivity contribution in [2.24, 2.45) is 18.7 Å². The molecule has 0 bridgehead atoms. The van der Waals surface area contributed by atoms with E-state index in [-0.39, 0.29) is 17.4 Å². The van der Waals surface area contributed by atoms with Crippen molar-refractivity contribution in [3.8, 4) is 16.9 Å². The maximum atomic E-state index is 13.5. The lowest BCUT2D eigenvalue weighted by molar-refractivity contribution is 0.272. The van der Waals surface area contributed by atoms with Crippen LogP contribution >= 0.6 is 0 Å². The fraction of sp³-hybridized carbons (Fsp3) is 0.280. The second-order valence-corrected chi connectivity index (χ2v) is 8.36. The number of nitrogens with zero attached hydrogens (tertiary/aromatic N) is 2. The first-order valence-electron chi connectivity index (χ1n) is 10.4. The molecule has 0 spiro atoms. The molecule has 2 N–H and O–H groups in total. The molecule has 2 aromatic heterocycles. The van der Waals surface area contributed by atoms with Gasteiger partial charge in [0.15, 0.2) is 0 Å². The van der Waals surface area contributed by atoms with Gasteiger partial charge in [0.25, 0.3) is 5.56 Å². The van der Waals surface area contributed by atoms with Crippen LogP contribution in [0.25, 0.3) is 32.8 Å². The van der Waals surface area contributed by atoms with Crippen molar-refractivity contribution in [3.63, 3.8) is 0 Å². The van der Waals surface area contributed by atoms with E-state index in [1.165, 1.54) is 12.1 Å². The maximum absolute atomic E-state index is 13.5. The first-order chi connectivity index (χ1) is 14.8. The van der Waals surface area contributed by atoms with Crippen LogP contribution in [-0.2, 0) is 7.05 Å². The molecule has 5 nitrogen and oxygen atoms in total. The van der Waals surface area contributed by atoms with Crippen molar-refractivity contribution in [2.45, 2.75) is 26.3 Å². The number of pyridine rings is 2. The van der Waals surface area contributed by atoms with Gasteiger partial charge in [-0.3, -0.25) is 9.78 Å². The lowest BCUT2D eigenvalue weighted by Crippen LogP contribution is -2.29. The highest BCUT2D eigenvalue weighted by Gasteiger charge is 2.16. The van der Waals surface area contributed by atoms with Crippen LogP contribution in [0.3, 0.4) is 0 Å². The van der Waals surface area contributed by atoms with Crippen molar-refractivity contribution in [1.82, 2.24) is 9.55 Å². The molecule has 0 amide bonds. The van der Waals surface area contributed by atoms with Crippen LogP contribution in [-0.4, -0.2) is 22.2 Å². The van der Waals surface area contributed by atoms with Crippen LogP contribution < -0.4 is 16.0 Å². The molecule has 4 rings (SSSR count). The van der Waals surface area contributed by atoms with E-state index in [0.717, 1.165) is 33.8 Å². The number of aromatic nitrogens is 2. The zero-order valence-corrected chi connectivity index (χ0v) is 17.9. The van der Waals surface area contributed by atoms with Crippen molar-refractivity contribution in [2.75, 3.05) is 6.61 Å². The average Bonchev–Trinajstić information content (AvgIpc) is 2.75. The summed E-state index contributed by atoms with van der Waals surface area (Å²) in [5.41, 5.74) is 8.52. The second kappa shape index (κ2) is 8.47. The topological polar surface area (TPSA) is 70.1 Å². The van der Waals surface area contributed by atoms with Crippen LogP contribution in [0.2, 0.25) is 0 Å². The Morgan fingerprint density at radius 2 is 1.84 bits per heavy atom. The monoisotopic (exact) mass is 419 g/mol. The molecule has 1 unspecified atom stereocenters. The molecule has 0 aliphatic rings. The Hall–Kier alpha value is -3.25. The van der Waals surface area contributed by atoms with E-state index in [2.05, 4.69) is 18.8 Å². The summed E-state index contributed by atoms with van der Waals surface area (Å²) >= 11 is 0. The molecule has 6 heteroatoms. The Morgan fingerprint density at radius 1 is 1.10 bits per heavy atom. The van der Waals surface area contributed by atoms with Crippen LogP contribution in [0.5, 0.6) is 5.75 Å². The van der Waals surface area contributed by atoms with Gasteiger partial charge in [-0.05, 0) is 47.6 Å². The van der Waals surface area contributed by atoms with Gasteiger partial charge in [0.1, 0.15) is 18.2 Å². The molecular weight excluding hydrogens is 393 g/mol. The quantitative estimate of drug-likeness (QED) is 0.462. The number of ether oxygens (including phenoxy) is 1. The van der Waals surface area contributed by atoms with E-state index >= 15 is 0 Å². The Kier molecular flexibility index (Phi) is 5.74. The number of benzene rings is 2. The van der Waals surface area contributed by atoms with Gasteiger partial charge in [0.05, 0.1) is 10.9 Å². The van der Waals surface area contributed by atoms with Gasteiger partial charge in [-0.25, -0.2) is 4.39 Å². The van der Waals surface area contributed by atoms with Gasteiger partial charge >= 0.3 is 0 Å². The minimum atomic E-state index is -0.301. The van der Waals surface area contributed by atoms with Gasteiger partial charge in [-0.1, -0.05) is 26.0 Å². The summed E-state index contributed by atoms with van der Waals surface area (Å²) < 4.78 is 21.3. The number of rotatable bonds is 6. The van der Waals surface area contributed by atoms with E-state index in [0.29, 0.717) is 23.7 Å². The molecule has 2 heterocycles. The standard InChI is InChI=1S/C25H26FN3O2/c1-15(2)10-18(27)14-31-24-12-23-21(11-20(24)16-4-6-17(26)7-5-16)19-8-9-28-13-22(19)25(30)29(23)3/h4-9,11-13,15,18H,10,14,27H2,1-3H3. The molecule has 160 valence electrons. The third kappa shape index (κ3) is 4.16. The van der Waals surface area contributed by atoms with Crippen molar-refractivity contribution in [1.29, 1.82) is 0 Å². The Bertz CT molecular complexity index is 1300. The highest BCUT2D eigenvalue weighted by molar-refractivity contribution is 6.07. The minimum Gasteiger partial charge on any atom is -0.491 e. The molecule has 1 atom stereocenters. The van der Waals surface area contributed by atoms with Gasteiger partial charge in [-0.2, -0.15) is 0 Å². The fourth-order valence-corrected chi connectivity index (χ4v) is 4.00. The van der Waals surface area contributed by atoms with Gasteiger partial charge in [-0.15, -0.1) is 0 Å². The highest BCUT2D eigenvalue weighted by Crippen LogP contribution is 2.36. The zero-order valence-electron chi connectivity index (χ0n) is 17.9. The summed E-state index contributed by atoms with van der Waals surface area (Å²) in [6.45, 7) is 4.59. The first kappa shape index (κ1) is 21.0. The molecule has 0 saturated heterocycles. The van der Waals surface area contributed by atoms with Crippen LogP contribution in [0, 0.1) is 11.7 Å². The average molecular weight is 420 g/mol. The third-order valence-electron chi connectivity index (χ3n) is 5.49. The highest BCUT2D eigenvalue weighted by atomic mass is 19.1. The summed E-state index contributed by atoms with van der Waals surface area (Å²) in [5, 5.41) is 2.27. The van der Waals surface area contributed by atoms with E-state index in [9.17, 15) is 9.18 Å². The Labute approximate surface area is 180 Å². The fourth-order valence-electron chi connectivity index (χ4n) is 4.00. The summed E-state index contributed by atoms with van der Waals surface area (Å²) in [5.74, 6) is 0.777. The number of hydrogen-bond donors (Lipinski definition) is 1. The first-order valence-corrected chi connectivity index (χ1v) is 10.4. The van der Waals surface area contributed by atoms with E-state index < -0.39 is 0 Å². The largest absolute Gasteiger partial charge is 0.491 e. The summed E-state index contributed by atoms with van der Waals surface area (Å²) in [6, 6.07) is 11.9. The molecule has 0 aliphatic carbocycles. The zero-order chi connectivity index (χ0) is 22.1. The second-order valence-electron chi connectivity index (χ2n) is 8.36. The molecule has 0 saturated carbocycles. The van der Waals surface area contributed by atoms with Gasteiger partial charge < -0.3 is 15.0 Å². The van der Waals surface area contributed by atoms with Crippen molar-refractivity contribution >= 4 is 21.7 Å². The molecule has 0 aliphatic heterocycles. The maximum Gasteiger partial charge on any atom is 0.260 e. The van der Waals surface area contributed by atoms with Crippen LogP contribution in [0.4, 0.5) is 4.39 Å². The Morgan fingerprint density at radius 3 is 2.55 bits per heavy atom. The van der Waals surface area contributed by atoms with Crippen LogP contribution in [0.15, 0.2) is 59.7 Å². The smallest absolute Gasteiger partial charge is 0.260 e. The van der Waals surface area contributed by atoms with Crippen molar-refractivity contribution in [3.05, 3.63) is 71.0 Å². The van der Waals surface area contributed by atoms with Crippen molar-refractivity contribution < 1.29 is 9.13 Å². The molecular formula is C25H26FN3O2. The normalized spacial score (nSPS) is 12.6. The third-order valence-corrected chi connectivity index (χ3v) is 5.49. The number of halogens is 1. The number of fused-ring (bicyclic) bond motifs is 3. The molecule has 2 aromatic carbocycles. The summed E-state index contributed by atoms with van der Waals surface area (Å²) in [4.78, 5) is 17.0.